The van der Waals surface area contributed by atoms with E-state index in [0.29, 0.717) is 0 Å². The molecule has 0 heterocycles. The molecule has 1 nitrogen and oxygen atoms in total. The topological polar surface area (TPSA) is 9.23 Å². The van der Waals surface area contributed by atoms with Gasteiger partial charge in [0, 0.05) is 4.47 Å². The molecule has 4 aromatic rings. The molecule has 0 bridgehead atoms. The summed E-state index contributed by atoms with van der Waals surface area (Å²) in [6.07, 6.45) is 0. The summed E-state index contributed by atoms with van der Waals surface area (Å²) in [7, 11) is 0. The van der Waals surface area contributed by atoms with Gasteiger partial charge in [0.1, 0.15) is 11.4 Å². The Bertz CT molecular complexity index is 969. The van der Waals surface area contributed by atoms with Crippen LogP contribution in [0.3, 0.4) is 0 Å². The van der Waals surface area contributed by atoms with Crippen LogP contribution >= 0.6 is 15.9 Å². The van der Waals surface area contributed by atoms with E-state index in [9.17, 15) is 4.39 Å². The molecule has 0 fully saturated rings. The van der Waals surface area contributed by atoms with Crippen LogP contribution in [0, 0.1) is 5.82 Å². The fraction of sp³-hybridized carbons (Fsp3) is 0.0769. The van der Waals surface area contributed by atoms with Crippen molar-refractivity contribution in [1.29, 1.82) is 0 Å². The molecule has 0 aliphatic rings. The lowest BCUT2D eigenvalue weighted by atomic mass is 9.80. The van der Waals surface area contributed by atoms with Gasteiger partial charge >= 0.3 is 0 Å². The molecule has 3 heteroatoms. The molecule has 4 rings (SSSR count). The zero-order valence-electron chi connectivity index (χ0n) is 15.8. The van der Waals surface area contributed by atoms with Crippen LogP contribution in [0.4, 0.5) is 4.39 Å². The second-order valence-corrected chi connectivity index (χ2v) is 7.66. The zero-order valence-corrected chi connectivity index (χ0v) is 17.3. The van der Waals surface area contributed by atoms with E-state index in [1.807, 2.05) is 54.6 Å². The summed E-state index contributed by atoms with van der Waals surface area (Å²) >= 11 is 3.52. The van der Waals surface area contributed by atoms with Gasteiger partial charge in [0.25, 0.3) is 0 Å². The summed E-state index contributed by atoms with van der Waals surface area (Å²) in [5.74, 6) is -0.281. The summed E-state index contributed by atoms with van der Waals surface area (Å²) in [5.41, 5.74) is 2.99. The van der Waals surface area contributed by atoms with Crippen molar-refractivity contribution in [2.24, 2.45) is 0 Å². The first-order valence-electron chi connectivity index (χ1n) is 9.44. The lowest BCUT2D eigenvalue weighted by Gasteiger charge is -2.36. The second-order valence-electron chi connectivity index (χ2n) is 6.80. The number of hydrogen-bond donors (Lipinski definition) is 0. The summed E-state index contributed by atoms with van der Waals surface area (Å²) in [5, 5.41) is 0. The number of halogens is 2. The Morgan fingerprint density at radius 2 is 1.10 bits per heavy atom. The molecule has 29 heavy (non-hydrogen) atoms. The van der Waals surface area contributed by atoms with Gasteiger partial charge in [-0.1, -0.05) is 107 Å². The largest absolute Gasteiger partial charge is 0.356 e. The van der Waals surface area contributed by atoms with E-state index in [1.54, 1.807) is 6.07 Å². The highest BCUT2D eigenvalue weighted by atomic mass is 79.9. The van der Waals surface area contributed by atoms with Crippen molar-refractivity contribution >= 4 is 15.9 Å². The SMILES string of the molecule is Fc1ccc(Br)c(COC(c2ccccc2)(c2ccccc2)c2ccccc2)c1. The first-order chi connectivity index (χ1) is 14.2. The molecule has 4 aromatic carbocycles. The van der Waals surface area contributed by atoms with Gasteiger partial charge in [-0.2, -0.15) is 0 Å². The predicted molar refractivity (Wildman–Crippen MR) is 118 cm³/mol. The van der Waals surface area contributed by atoms with E-state index in [2.05, 4.69) is 52.3 Å². The normalized spacial score (nSPS) is 11.4. The molecule has 144 valence electrons. The molecule has 0 atom stereocenters. The molecule has 0 N–H and O–H groups in total. The molecule has 0 radical (unpaired) electrons. The van der Waals surface area contributed by atoms with Gasteiger partial charge in [0.2, 0.25) is 0 Å². The Morgan fingerprint density at radius 1 is 0.655 bits per heavy atom. The van der Waals surface area contributed by atoms with Crippen LogP contribution in [0.2, 0.25) is 0 Å². The van der Waals surface area contributed by atoms with Crippen molar-refractivity contribution in [2.45, 2.75) is 12.2 Å². The fourth-order valence-corrected chi connectivity index (χ4v) is 3.97. The summed E-state index contributed by atoms with van der Waals surface area (Å²) in [4.78, 5) is 0. The Kier molecular flexibility index (Phi) is 5.89. The molecule has 0 saturated carbocycles. The van der Waals surface area contributed by atoms with Gasteiger partial charge in [-0.15, -0.1) is 0 Å². The van der Waals surface area contributed by atoms with Gasteiger partial charge in [0.15, 0.2) is 0 Å². The van der Waals surface area contributed by atoms with Gasteiger partial charge in [0.05, 0.1) is 6.61 Å². The average molecular weight is 447 g/mol. The maximum atomic E-state index is 13.9. The smallest absolute Gasteiger partial charge is 0.144 e. The summed E-state index contributed by atoms with van der Waals surface area (Å²) in [6, 6.07) is 35.1. The van der Waals surface area contributed by atoms with Crippen LogP contribution in [0.25, 0.3) is 0 Å². The molecule has 0 aliphatic heterocycles. The van der Waals surface area contributed by atoms with E-state index in [0.717, 1.165) is 26.7 Å². The van der Waals surface area contributed by atoms with E-state index >= 15 is 0 Å². The van der Waals surface area contributed by atoms with Crippen LogP contribution in [0.15, 0.2) is 114 Å². The standard InChI is InChI=1S/C26H20BrFO/c27-25-17-16-24(28)18-20(25)19-29-26(21-10-4-1-5-11-21,22-12-6-2-7-13-22)23-14-8-3-9-15-23/h1-18H,19H2. The molecular weight excluding hydrogens is 427 g/mol. The van der Waals surface area contributed by atoms with Crippen LogP contribution in [0.1, 0.15) is 22.3 Å². The monoisotopic (exact) mass is 446 g/mol. The van der Waals surface area contributed by atoms with Crippen LogP contribution in [-0.4, -0.2) is 0 Å². The van der Waals surface area contributed by atoms with Gasteiger partial charge in [-0.05, 0) is 40.5 Å². The van der Waals surface area contributed by atoms with Crippen LogP contribution in [-0.2, 0) is 16.9 Å². The zero-order chi connectivity index (χ0) is 20.1. The van der Waals surface area contributed by atoms with Crippen molar-refractivity contribution in [3.63, 3.8) is 0 Å². The molecule has 0 aromatic heterocycles. The quantitative estimate of drug-likeness (QED) is 0.287. The van der Waals surface area contributed by atoms with E-state index in [-0.39, 0.29) is 12.4 Å². The van der Waals surface area contributed by atoms with Crippen LogP contribution < -0.4 is 0 Å². The number of rotatable bonds is 6. The van der Waals surface area contributed by atoms with Crippen molar-refractivity contribution in [2.75, 3.05) is 0 Å². The van der Waals surface area contributed by atoms with Crippen molar-refractivity contribution in [3.05, 3.63) is 142 Å². The highest BCUT2D eigenvalue weighted by Gasteiger charge is 2.37. The Morgan fingerprint density at radius 3 is 1.55 bits per heavy atom. The van der Waals surface area contributed by atoms with Gasteiger partial charge in [-0.25, -0.2) is 4.39 Å². The first-order valence-corrected chi connectivity index (χ1v) is 10.2. The van der Waals surface area contributed by atoms with Crippen molar-refractivity contribution in [1.82, 2.24) is 0 Å². The lowest BCUT2D eigenvalue weighted by molar-refractivity contribution is -0.000132. The second kappa shape index (κ2) is 8.73. The highest BCUT2D eigenvalue weighted by Crippen LogP contribution is 2.41. The molecular formula is C26H20BrFO. The Labute approximate surface area is 178 Å². The molecule has 0 unspecified atom stereocenters. The molecule has 0 saturated heterocycles. The Balaban J connectivity index is 1.89. The van der Waals surface area contributed by atoms with E-state index in [1.165, 1.54) is 12.1 Å². The van der Waals surface area contributed by atoms with Gasteiger partial charge in [-0.3, -0.25) is 0 Å². The van der Waals surface area contributed by atoms with Crippen molar-refractivity contribution < 1.29 is 9.13 Å². The maximum absolute atomic E-state index is 13.9. The lowest BCUT2D eigenvalue weighted by Crippen LogP contribution is -2.32. The number of ether oxygens (including phenoxy) is 1. The van der Waals surface area contributed by atoms with Crippen molar-refractivity contribution in [3.8, 4) is 0 Å². The summed E-state index contributed by atoms with van der Waals surface area (Å²) in [6.45, 7) is 0.247. The Hall–Kier alpha value is -2.75. The van der Waals surface area contributed by atoms with E-state index < -0.39 is 5.60 Å². The predicted octanol–water partition coefficient (Wildman–Crippen LogP) is 7.10. The van der Waals surface area contributed by atoms with Crippen LogP contribution in [0.5, 0.6) is 0 Å². The van der Waals surface area contributed by atoms with Gasteiger partial charge < -0.3 is 4.74 Å². The number of benzene rings is 4. The maximum Gasteiger partial charge on any atom is 0.144 e. The summed E-state index contributed by atoms with van der Waals surface area (Å²) < 4.78 is 21.4. The first kappa shape index (κ1) is 19.6. The minimum atomic E-state index is -0.824. The van der Waals surface area contributed by atoms with E-state index in [4.69, 9.17) is 4.74 Å². The highest BCUT2D eigenvalue weighted by molar-refractivity contribution is 9.10. The third-order valence-electron chi connectivity index (χ3n) is 4.99. The average Bonchev–Trinajstić information content (AvgIpc) is 2.79. The third-order valence-corrected chi connectivity index (χ3v) is 5.77. The fourth-order valence-electron chi connectivity index (χ4n) is 3.61. The molecule has 0 aliphatic carbocycles. The number of hydrogen-bond acceptors (Lipinski definition) is 1. The molecule has 0 amide bonds. The molecule has 0 spiro atoms. The third kappa shape index (κ3) is 4.02. The minimum Gasteiger partial charge on any atom is -0.356 e. The minimum absolute atomic E-state index is 0.247.